The van der Waals surface area contributed by atoms with Crippen molar-refractivity contribution in [2.75, 3.05) is 4.90 Å². The van der Waals surface area contributed by atoms with E-state index in [1.807, 2.05) is 11.3 Å². The van der Waals surface area contributed by atoms with E-state index >= 15 is 0 Å². The molecule has 0 amide bonds. The molecule has 0 saturated heterocycles. The quantitative estimate of drug-likeness (QED) is 0.170. The molecule has 3 heteroatoms. The fraction of sp³-hybridized carbons (Fsp3) is 0. The van der Waals surface area contributed by atoms with E-state index in [0.717, 1.165) is 22.7 Å². The maximum atomic E-state index is 2.44. The molecule has 0 saturated carbocycles. The topological polar surface area (TPSA) is 8.17 Å². The van der Waals surface area contributed by atoms with Gasteiger partial charge in [0.2, 0.25) is 0 Å². The van der Waals surface area contributed by atoms with E-state index < -0.39 is 0 Å². The third kappa shape index (κ3) is 4.35. The normalized spacial score (nSPS) is 11.9. The molecule has 0 atom stereocenters. The van der Waals surface area contributed by atoms with Gasteiger partial charge in [0.25, 0.3) is 0 Å². The molecular formula is C48H30N2S. The molecular weight excluding hydrogens is 637 g/mol. The van der Waals surface area contributed by atoms with E-state index in [-0.39, 0.29) is 0 Å². The second kappa shape index (κ2) is 11.0. The van der Waals surface area contributed by atoms with Crippen molar-refractivity contribution in [2.24, 2.45) is 0 Å². The van der Waals surface area contributed by atoms with Crippen LogP contribution >= 0.6 is 11.3 Å². The fourth-order valence-corrected chi connectivity index (χ4v) is 9.37. The average Bonchev–Trinajstić information content (AvgIpc) is 3.74. The first-order valence-corrected chi connectivity index (χ1v) is 18.2. The predicted octanol–water partition coefficient (Wildman–Crippen LogP) is 14.1. The van der Waals surface area contributed by atoms with Gasteiger partial charge in [0.1, 0.15) is 0 Å². The van der Waals surface area contributed by atoms with E-state index in [4.69, 9.17) is 0 Å². The number of fused-ring (bicyclic) bond motifs is 11. The first-order chi connectivity index (χ1) is 25.3. The van der Waals surface area contributed by atoms with Gasteiger partial charge in [-0.3, -0.25) is 0 Å². The van der Waals surface area contributed by atoms with Crippen LogP contribution in [0.25, 0.3) is 80.0 Å². The summed E-state index contributed by atoms with van der Waals surface area (Å²) in [6, 6.07) is 66.8. The van der Waals surface area contributed by atoms with Crippen molar-refractivity contribution in [3.05, 3.63) is 182 Å². The number of aromatic nitrogens is 1. The number of para-hydroxylation sites is 2. The standard InChI is InChI=1S/C48H30N2S/c1-2-12-34(13-3-1)50-44-17-9-8-16-41(44)43-29-36(23-26-45(43)50)49(35-21-24-39-33(28-35)19-18-31-10-4-6-14-38(31)39)37-22-25-42-47(30-37)51-46-27-20-32-11-5-7-15-40(32)48(42)46/h1-30H. The number of hydrogen-bond donors (Lipinski definition) is 0. The molecule has 0 unspecified atom stereocenters. The van der Waals surface area contributed by atoms with Crippen molar-refractivity contribution in [3.63, 3.8) is 0 Å². The number of nitrogens with zero attached hydrogens (tertiary/aromatic N) is 2. The van der Waals surface area contributed by atoms with Crippen molar-refractivity contribution < 1.29 is 0 Å². The second-order valence-corrected chi connectivity index (χ2v) is 14.4. The van der Waals surface area contributed by atoms with Crippen LogP contribution in [0, 0.1) is 0 Å². The monoisotopic (exact) mass is 666 g/mol. The fourth-order valence-electron chi connectivity index (χ4n) is 8.22. The summed E-state index contributed by atoms with van der Waals surface area (Å²) in [7, 11) is 0. The Kier molecular flexibility index (Phi) is 6.16. The van der Waals surface area contributed by atoms with E-state index in [9.17, 15) is 0 Å². The molecule has 11 rings (SSSR count). The van der Waals surface area contributed by atoms with Gasteiger partial charge in [-0.05, 0) is 99.0 Å². The van der Waals surface area contributed by atoms with Gasteiger partial charge >= 0.3 is 0 Å². The molecule has 0 bridgehead atoms. The van der Waals surface area contributed by atoms with Gasteiger partial charge in [0.15, 0.2) is 0 Å². The van der Waals surface area contributed by atoms with Crippen molar-refractivity contribution >= 4 is 103 Å². The minimum atomic E-state index is 1.13. The van der Waals surface area contributed by atoms with Gasteiger partial charge in [0, 0.05) is 53.7 Å². The molecule has 2 nitrogen and oxygen atoms in total. The average molecular weight is 667 g/mol. The highest BCUT2D eigenvalue weighted by Crippen LogP contribution is 2.45. The van der Waals surface area contributed by atoms with Crippen LogP contribution in [0.4, 0.5) is 17.1 Å². The number of anilines is 3. The van der Waals surface area contributed by atoms with E-state index in [0.29, 0.717) is 0 Å². The lowest BCUT2D eigenvalue weighted by atomic mass is 10.0. The Morgan fingerprint density at radius 3 is 1.80 bits per heavy atom. The molecule has 2 aromatic heterocycles. The van der Waals surface area contributed by atoms with E-state index in [2.05, 4.69) is 191 Å². The van der Waals surface area contributed by atoms with Crippen molar-refractivity contribution in [1.82, 2.24) is 4.57 Å². The second-order valence-electron chi connectivity index (χ2n) is 13.4. The molecule has 238 valence electrons. The highest BCUT2D eigenvalue weighted by Gasteiger charge is 2.19. The first-order valence-electron chi connectivity index (χ1n) is 17.4. The number of benzene rings is 9. The molecule has 51 heavy (non-hydrogen) atoms. The van der Waals surface area contributed by atoms with Crippen LogP contribution in [0.15, 0.2) is 182 Å². The maximum absolute atomic E-state index is 2.44. The van der Waals surface area contributed by atoms with Crippen molar-refractivity contribution in [3.8, 4) is 5.69 Å². The summed E-state index contributed by atoms with van der Waals surface area (Å²) in [4.78, 5) is 2.44. The molecule has 0 aliphatic rings. The Labute approximate surface area is 298 Å². The largest absolute Gasteiger partial charge is 0.310 e. The van der Waals surface area contributed by atoms with E-state index in [1.165, 1.54) is 74.3 Å². The van der Waals surface area contributed by atoms with Gasteiger partial charge < -0.3 is 9.47 Å². The van der Waals surface area contributed by atoms with Gasteiger partial charge in [-0.1, -0.05) is 115 Å². The summed E-state index contributed by atoms with van der Waals surface area (Å²) in [5.41, 5.74) is 6.98. The zero-order valence-corrected chi connectivity index (χ0v) is 28.4. The zero-order chi connectivity index (χ0) is 33.5. The predicted molar refractivity (Wildman–Crippen MR) is 221 cm³/mol. The molecule has 2 heterocycles. The third-order valence-electron chi connectivity index (χ3n) is 10.5. The Balaban J connectivity index is 1.16. The smallest absolute Gasteiger partial charge is 0.0542 e. The van der Waals surface area contributed by atoms with Gasteiger partial charge in [-0.15, -0.1) is 11.3 Å². The Hall–Kier alpha value is -6.42. The van der Waals surface area contributed by atoms with Gasteiger partial charge in [-0.25, -0.2) is 0 Å². The van der Waals surface area contributed by atoms with Gasteiger partial charge in [-0.2, -0.15) is 0 Å². The molecule has 0 aliphatic carbocycles. The van der Waals surface area contributed by atoms with Crippen LogP contribution in [0.5, 0.6) is 0 Å². The number of thiophene rings is 1. The molecule has 0 spiro atoms. The summed E-state index contributed by atoms with van der Waals surface area (Å²) in [5, 5.41) is 12.8. The summed E-state index contributed by atoms with van der Waals surface area (Å²) in [5.74, 6) is 0. The van der Waals surface area contributed by atoms with Crippen molar-refractivity contribution in [1.29, 1.82) is 0 Å². The lowest BCUT2D eigenvalue weighted by Crippen LogP contribution is -2.10. The van der Waals surface area contributed by atoms with Crippen LogP contribution in [0.2, 0.25) is 0 Å². The maximum Gasteiger partial charge on any atom is 0.0542 e. The molecule has 9 aromatic carbocycles. The third-order valence-corrected chi connectivity index (χ3v) is 11.6. The molecule has 11 aromatic rings. The van der Waals surface area contributed by atoms with Crippen LogP contribution < -0.4 is 4.90 Å². The highest BCUT2D eigenvalue weighted by molar-refractivity contribution is 7.26. The Morgan fingerprint density at radius 1 is 0.353 bits per heavy atom. The van der Waals surface area contributed by atoms with E-state index in [1.54, 1.807) is 0 Å². The summed E-state index contributed by atoms with van der Waals surface area (Å²) in [6.45, 7) is 0. The van der Waals surface area contributed by atoms with Crippen LogP contribution in [-0.4, -0.2) is 4.57 Å². The molecule has 0 aliphatic heterocycles. The first kappa shape index (κ1) is 28.4. The lowest BCUT2D eigenvalue weighted by Gasteiger charge is -2.26. The van der Waals surface area contributed by atoms with Crippen molar-refractivity contribution in [2.45, 2.75) is 0 Å². The number of hydrogen-bond acceptors (Lipinski definition) is 2. The molecule has 0 N–H and O–H groups in total. The van der Waals surface area contributed by atoms with Crippen LogP contribution in [0.3, 0.4) is 0 Å². The Bertz CT molecular complexity index is 3150. The molecule has 0 fully saturated rings. The highest BCUT2D eigenvalue weighted by atomic mass is 32.1. The van der Waals surface area contributed by atoms with Crippen LogP contribution in [-0.2, 0) is 0 Å². The lowest BCUT2D eigenvalue weighted by molar-refractivity contribution is 1.18. The minimum absolute atomic E-state index is 1.13. The van der Waals surface area contributed by atoms with Crippen LogP contribution in [0.1, 0.15) is 0 Å². The summed E-state index contributed by atoms with van der Waals surface area (Å²) in [6.07, 6.45) is 0. The summed E-state index contributed by atoms with van der Waals surface area (Å²) < 4.78 is 4.99. The number of rotatable bonds is 4. The summed E-state index contributed by atoms with van der Waals surface area (Å²) >= 11 is 1.88. The van der Waals surface area contributed by atoms with Gasteiger partial charge in [0.05, 0.1) is 11.0 Å². The SMILES string of the molecule is c1ccc(-n2c3ccccc3c3cc(N(c4ccc5c(ccc6ccccc65)c4)c4ccc5c(c4)sc4ccc6ccccc6c45)ccc32)cc1. The Morgan fingerprint density at radius 2 is 0.941 bits per heavy atom. The molecule has 0 radical (unpaired) electrons. The minimum Gasteiger partial charge on any atom is -0.310 e. The zero-order valence-electron chi connectivity index (χ0n) is 27.6.